The molecule has 0 saturated heterocycles. The maximum Gasteiger partial charge on any atom is 0.513 e. The Balaban J connectivity index is 2.24. The van der Waals surface area contributed by atoms with Crippen molar-refractivity contribution in [2.24, 2.45) is 0 Å². The summed E-state index contributed by atoms with van der Waals surface area (Å²) in [6, 6.07) is 10.2. The molecule has 0 saturated carbocycles. The standard InChI is InChI=1S/C22H20Cl2O6/c1-3-11-27-21(25)29-19-13-7-5-6-8-14(13)20(30-22(26)28-12-4-2)17-15(19)9-10-16(23)18(17)24/h5-10H,3-4,11-12H2,1-2H3. The molecule has 0 bridgehead atoms. The van der Waals surface area contributed by atoms with Crippen LogP contribution in [0.15, 0.2) is 36.4 Å². The van der Waals surface area contributed by atoms with E-state index in [1.165, 1.54) is 0 Å². The van der Waals surface area contributed by atoms with Crippen molar-refractivity contribution in [3.8, 4) is 11.5 Å². The van der Waals surface area contributed by atoms with E-state index in [2.05, 4.69) is 0 Å². The van der Waals surface area contributed by atoms with Crippen LogP contribution in [0.5, 0.6) is 11.5 Å². The number of carbonyl (C=O) groups is 2. The molecule has 0 unspecified atom stereocenters. The summed E-state index contributed by atoms with van der Waals surface area (Å²) in [7, 11) is 0. The van der Waals surface area contributed by atoms with Gasteiger partial charge in [-0.2, -0.15) is 0 Å². The van der Waals surface area contributed by atoms with Gasteiger partial charge in [-0.3, -0.25) is 0 Å². The Labute approximate surface area is 183 Å². The fraction of sp³-hybridized carbons (Fsp3) is 0.273. The predicted octanol–water partition coefficient (Wildman–Crippen LogP) is 7.15. The molecule has 158 valence electrons. The summed E-state index contributed by atoms with van der Waals surface area (Å²) in [4.78, 5) is 24.4. The van der Waals surface area contributed by atoms with Gasteiger partial charge in [0.25, 0.3) is 0 Å². The molecule has 0 fully saturated rings. The Morgan fingerprint density at radius 2 is 1.30 bits per heavy atom. The summed E-state index contributed by atoms with van der Waals surface area (Å²) < 4.78 is 21.2. The van der Waals surface area contributed by atoms with E-state index in [9.17, 15) is 9.59 Å². The van der Waals surface area contributed by atoms with Gasteiger partial charge in [0.05, 0.1) is 23.3 Å². The summed E-state index contributed by atoms with van der Waals surface area (Å²) in [6.45, 7) is 4.20. The Kier molecular flexibility index (Phi) is 7.24. The number of rotatable bonds is 6. The SMILES string of the molecule is CCCOC(=O)Oc1c2ccccc2c(OC(=O)OCCC)c2c(Cl)c(Cl)ccc12. The van der Waals surface area contributed by atoms with Gasteiger partial charge in [0.2, 0.25) is 0 Å². The van der Waals surface area contributed by atoms with Gasteiger partial charge < -0.3 is 18.9 Å². The second kappa shape index (κ2) is 9.87. The van der Waals surface area contributed by atoms with E-state index in [1.807, 2.05) is 13.8 Å². The first-order valence-electron chi connectivity index (χ1n) is 9.49. The minimum Gasteiger partial charge on any atom is -0.434 e. The lowest BCUT2D eigenvalue weighted by Gasteiger charge is -2.17. The average molecular weight is 451 g/mol. The van der Waals surface area contributed by atoms with Crippen LogP contribution < -0.4 is 9.47 Å². The summed E-state index contributed by atoms with van der Waals surface area (Å²) in [5.41, 5.74) is 0. The number of benzene rings is 3. The van der Waals surface area contributed by atoms with E-state index in [-0.39, 0.29) is 34.8 Å². The highest BCUT2D eigenvalue weighted by Crippen LogP contribution is 2.47. The largest absolute Gasteiger partial charge is 0.513 e. The van der Waals surface area contributed by atoms with E-state index in [0.29, 0.717) is 34.4 Å². The highest BCUT2D eigenvalue weighted by molar-refractivity contribution is 6.46. The van der Waals surface area contributed by atoms with Crippen molar-refractivity contribution < 1.29 is 28.5 Å². The third kappa shape index (κ3) is 4.55. The van der Waals surface area contributed by atoms with E-state index in [1.54, 1.807) is 36.4 Å². The van der Waals surface area contributed by atoms with Crippen LogP contribution in [0.1, 0.15) is 26.7 Å². The fourth-order valence-electron chi connectivity index (χ4n) is 2.93. The lowest BCUT2D eigenvalue weighted by Crippen LogP contribution is -2.13. The molecule has 3 rings (SSSR count). The van der Waals surface area contributed by atoms with E-state index in [4.69, 9.17) is 42.1 Å². The van der Waals surface area contributed by atoms with Gasteiger partial charge in [-0.1, -0.05) is 61.3 Å². The highest BCUT2D eigenvalue weighted by atomic mass is 35.5. The zero-order valence-corrected chi connectivity index (χ0v) is 18.0. The molecule has 0 N–H and O–H groups in total. The Morgan fingerprint density at radius 3 is 1.87 bits per heavy atom. The minimum absolute atomic E-state index is 0.157. The van der Waals surface area contributed by atoms with Gasteiger partial charge in [0.1, 0.15) is 0 Å². The van der Waals surface area contributed by atoms with Gasteiger partial charge >= 0.3 is 12.3 Å². The molecule has 0 heterocycles. The van der Waals surface area contributed by atoms with Crippen molar-refractivity contribution in [2.75, 3.05) is 13.2 Å². The van der Waals surface area contributed by atoms with Crippen LogP contribution in [0.3, 0.4) is 0 Å². The van der Waals surface area contributed by atoms with Crippen LogP contribution >= 0.6 is 23.2 Å². The van der Waals surface area contributed by atoms with Crippen LogP contribution in [-0.4, -0.2) is 25.5 Å². The molecule has 6 nitrogen and oxygen atoms in total. The first-order chi connectivity index (χ1) is 14.5. The lowest BCUT2D eigenvalue weighted by molar-refractivity contribution is 0.0984. The van der Waals surface area contributed by atoms with Crippen molar-refractivity contribution in [3.05, 3.63) is 46.4 Å². The van der Waals surface area contributed by atoms with Crippen molar-refractivity contribution in [2.45, 2.75) is 26.7 Å². The fourth-order valence-corrected chi connectivity index (χ4v) is 3.34. The minimum atomic E-state index is -0.865. The van der Waals surface area contributed by atoms with E-state index < -0.39 is 12.3 Å². The molecule has 0 aliphatic rings. The average Bonchev–Trinajstić information content (AvgIpc) is 2.75. The van der Waals surface area contributed by atoms with Crippen LogP contribution in [-0.2, 0) is 9.47 Å². The monoisotopic (exact) mass is 450 g/mol. The van der Waals surface area contributed by atoms with Gasteiger partial charge in [-0.05, 0) is 25.0 Å². The van der Waals surface area contributed by atoms with Gasteiger partial charge in [-0.15, -0.1) is 0 Å². The number of hydrogen-bond acceptors (Lipinski definition) is 6. The number of ether oxygens (including phenoxy) is 4. The number of hydrogen-bond donors (Lipinski definition) is 0. The summed E-state index contributed by atoms with van der Waals surface area (Å²) >= 11 is 12.7. The van der Waals surface area contributed by atoms with Crippen molar-refractivity contribution in [1.82, 2.24) is 0 Å². The molecule has 0 aliphatic carbocycles. The topological polar surface area (TPSA) is 71.1 Å². The highest BCUT2D eigenvalue weighted by Gasteiger charge is 2.23. The predicted molar refractivity (Wildman–Crippen MR) is 116 cm³/mol. The summed E-state index contributed by atoms with van der Waals surface area (Å²) in [6.07, 6.45) is -0.402. The van der Waals surface area contributed by atoms with Gasteiger partial charge in [-0.25, -0.2) is 9.59 Å². The first kappa shape index (κ1) is 22.0. The summed E-state index contributed by atoms with van der Waals surface area (Å²) in [5, 5.41) is 2.22. The molecule has 3 aromatic carbocycles. The zero-order chi connectivity index (χ0) is 21.7. The van der Waals surface area contributed by atoms with Crippen LogP contribution in [0, 0.1) is 0 Å². The van der Waals surface area contributed by atoms with Crippen molar-refractivity contribution >= 4 is 57.1 Å². The van der Waals surface area contributed by atoms with Crippen molar-refractivity contribution in [1.29, 1.82) is 0 Å². The summed E-state index contributed by atoms with van der Waals surface area (Å²) in [5.74, 6) is 0.401. The maximum absolute atomic E-state index is 12.2. The second-order valence-electron chi connectivity index (χ2n) is 6.39. The quantitative estimate of drug-likeness (QED) is 0.225. The number of halogens is 2. The third-order valence-corrected chi connectivity index (χ3v) is 5.01. The van der Waals surface area contributed by atoms with Crippen molar-refractivity contribution in [3.63, 3.8) is 0 Å². The molecule has 0 aromatic heterocycles. The molecule has 0 aliphatic heterocycles. The molecule has 0 atom stereocenters. The van der Waals surface area contributed by atoms with E-state index >= 15 is 0 Å². The molecule has 0 amide bonds. The molecular weight excluding hydrogens is 431 g/mol. The molecule has 0 radical (unpaired) electrons. The van der Waals surface area contributed by atoms with Gasteiger partial charge in [0, 0.05) is 21.5 Å². The van der Waals surface area contributed by atoms with Crippen LogP contribution in [0.25, 0.3) is 21.5 Å². The molecule has 3 aromatic rings. The van der Waals surface area contributed by atoms with Crippen LogP contribution in [0.4, 0.5) is 9.59 Å². The maximum atomic E-state index is 12.2. The molecule has 8 heteroatoms. The smallest absolute Gasteiger partial charge is 0.434 e. The van der Waals surface area contributed by atoms with Gasteiger partial charge in [0.15, 0.2) is 11.5 Å². The third-order valence-electron chi connectivity index (χ3n) is 4.20. The Bertz CT molecular complexity index is 1100. The van der Waals surface area contributed by atoms with E-state index in [0.717, 1.165) is 0 Å². The lowest BCUT2D eigenvalue weighted by atomic mass is 10.0. The zero-order valence-electron chi connectivity index (χ0n) is 16.5. The Hall–Kier alpha value is -2.70. The molecule has 0 spiro atoms. The first-order valence-corrected chi connectivity index (χ1v) is 10.2. The number of fused-ring (bicyclic) bond motifs is 2. The normalized spacial score (nSPS) is 10.8. The second-order valence-corrected chi connectivity index (χ2v) is 7.17. The van der Waals surface area contributed by atoms with Crippen LogP contribution in [0.2, 0.25) is 10.0 Å². The molecule has 30 heavy (non-hydrogen) atoms. The Morgan fingerprint density at radius 1 is 0.767 bits per heavy atom. The molecular formula is C22H20Cl2O6. The number of carbonyl (C=O) groups excluding carboxylic acids is 2.